The van der Waals surface area contributed by atoms with Crippen LogP contribution in [0.2, 0.25) is 0 Å². The van der Waals surface area contributed by atoms with Crippen molar-refractivity contribution in [1.82, 2.24) is 20.6 Å². The number of nitrogen functional groups attached to an aromatic ring is 2. The summed E-state index contributed by atoms with van der Waals surface area (Å²) in [7, 11) is 0. The van der Waals surface area contributed by atoms with E-state index in [-0.39, 0.29) is 23.4 Å². The fourth-order valence-electron chi connectivity index (χ4n) is 2.55. The largest absolute Gasteiger partial charge is 0.383 e. The summed E-state index contributed by atoms with van der Waals surface area (Å²) in [6.45, 7) is 2.11. The molecular weight excluding hydrogens is 316 g/mol. The van der Waals surface area contributed by atoms with Gasteiger partial charge in [-0.3, -0.25) is 10.1 Å². The van der Waals surface area contributed by atoms with E-state index in [4.69, 9.17) is 11.5 Å². The number of urea groups is 1. The third-order valence-corrected chi connectivity index (χ3v) is 4.61. The highest BCUT2D eigenvalue weighted by molar-refractivity contribution is 7.99. The smallest absolute Gasteiger partial charge is 0.321 e. The molecule has 0 bridgehead atoms. The van der Waals surface area contributed by atoms with Crippen LogP contribution in [-0.2, 0) is 4.79 Å². The number of carbonyl (C=O) groups is 2. The Labute approximate surface area is 139 Å². The van der Waals surface area contributed by atoms with Crippen LogP contribution in [0.15, 0.2) is 11.2 Å². The summed E-state index contributed by atoms with van der Waals surface area (Å²) in [4.78, 5) is 31.6. The number of hydrogen-bond acceptors (Lipinski definition) is 7. The maximum absolute atomic E-state index is 11.9. The van der Waals surface area contributed by atoms with Crippen molar-refractivity contribution in [2.45, 2.75) is 43.8 Å². The van der Waals surface area contributed by atoms with Crippen LogP contribution in [0, 0.1) is 5.92 Å². The van der Waals surface area contributed by atoms with Gasteiger partial charge in [-0.15, -0.1) is 0 Å². The average molecular weight is 338 g/mol. The van der Waals surface area contributed by atoms with Crippen LogP contribution in [0.1, 0.15) is 32.6 Å². The van der Waals surface area contributed by atoms with Gasteiger partial charge in [0, 0.05) is 12.1 Å². The predicted molar refractivity (Wildman–Crippen MR) is 89.7 cm³/mol. The number of nitrogens with one attached hydrogen (secondary N) is 2. The third kappa shape index (κ3) is 5.59. The number of amides is 3. The van der Waals surface area contributed by atoms with Crippen molar-refractivity contribution in [3.05, 3.63) is 6.07 Å². The molecule has 0 aliphatic heterocycles. The molecule has 126 valence electrons. The molecule has 0 radical (unpaired) electrons. The van der Waals surface area contributed by atoms with Crippen LogP contribution in [0.4, 0.5) is 16.4 Å². The van der Waals surface area contributed by atoms with Crippen LogP contribution in [0.25, 0.3) is 0 Å². The van der Waals surface area contributed by atoms with Crippen LogP contribution in [0.3, 0.4) is 0 Å². The van der Waals surface area contributed by atoms with Crippen molar-refractivity contribution in [2.24, 2.45) is 5.92 Å². The normalized spacial score (nSPS) is 20.7. The van der Waals surface area contributed by atoms with Gasteiger partial charge in [0.2, 0.25) is 5.91 Å². The Kier molecular flexibility index (Phi) is 6.03. The molecule has 23 heavy (non-hydrogen) atoms. The quantitative estimate of drug-likeness (QED) is 0.477. The Morgan fingerprint density at radius 1 is 1.26 bits per heavy atom. The number of carbonyl (C=O) groups excluding carboxylic acids is 2. The lowest BCUT2D eigenvalue weighted by atomic mass is 9.86. The summed E-state index contributed by atoms with van der Waals surface area (Å²) in [6.07, 6.45) is 4.35. The molecule has 1 aliphatic rings. The summed E-state index contributed by atoms with van der Waals surface area (Å²) in [6, 6.07) is 1.10. The standard InChI is InChI=1S/C14H22N6O2S/c1-8-4-2-3-5-9(8)17-13(22)20-12(21)7-23-14-18-10(15)6-11(16)19-14/h6,8-9H,2-5,7H2,1H3,(H4,15,16,18,19)(H2,17,20,21,22)/t8-,9+/m1/s1. The number of hydrogen-bond donors (Lipinski definition) is 4. The van der Waals surface area contributed by atoms with Gasteiger partial charge >= 0.3 is 6.03 Å². The number of aromatic nitrogens is 2. The molecule has 0 unspecified atom stereocenters. The van der Waals surface area contributed by atoms with Crippen molar-refractivity contribution in [3.63, 3.8) is 0 Å². The minimum atomic E-state index is -0.456. The number of nitrogens with zero attached hydrogens (tertiary/aromatic N) is 2. The van der Waals surface area contributed by atoms with Gasteiger partial charge in [-0.1, -0.05) is 31.5 Å². The molecule has 1 aromatic heterocycles. The Hall–Kier alpha value is -2.03. The second kappa shape index (κ2) is 8.00. The van der Waals surface area contributed by atoms with E-state index >= 15 is 0 Å². The fraction of sp³-hybridized carbons (Fsp3) is 0.571. The van der Waals surface area contributed by atoms with Gasteiger partial charge in [-0.05, 0) is 18.8 Å². The Morgan fingerprint density at radius 2 is 1.91 bits per heavy atom. The van der Waals surface area contributed by atoms with E-state index in [1.54, 1.807) is 0 Å². The first-order valence-corrected chi connectivity index (χ1v) is 8.56. The molecule has 9 heteroatoms. The van der Waals surface area contributed by atoms with E-state index in [2.05, 4.69) is 27.5 Å². The molecular formula is C14H22N6O2S. The van der Waals surface area contributed by atoms with Gasteiger partial charge in [0.1, 0.15) is 11.6 Å². The summed E-state index contributed by atoms with van der Waals surface area (Å²) in [5.74, 6) is 0.508. The van der Waals surface area contributed by atoms with Crippen molar-refractivity contribution < 1.29 is 9.59 Å². The number of rotatable bonds is 4. The maximum Gasteiger partial charge on any atom is 0.321 e. The molecule has 0 saturated heterocycles. The molecule has 0 aromatic carbocycles. The van der Waals surface area contributed by atoms with Crippen LogP contribution in [-0.4, -0.2) is 33.7 Å². The predicted octanol–water partition coefficient (Wildman–Crippen LogP) is 1.14. The van der Waals surface area contributed by atoms with Crippen molar-refractivity contribution >= 4 is 35.3 Å². The average Bonchev–Trinajstić information content (AvgIpc) is 2.46. The van der Waals surface area contributed by atoms with Gasteiger partial charge in [0.05, 0.1) is 5.75 Å². The fourth-order valence-corrected chi connectivity index (χ4v) is 3.23. The number of imide groups is 1. The van der Waals surface area contributed by atoms with E-state index in [0.717, 1.165) is 31.0 Å². The topological polar surface area (TPSA) is 136 Å². The lowest BCUT2D eigenvalue weighted by Crippen LogP contribution is -2.48. The second-order valence-corrected chi connectivity index (χ2v) is 6.62. The highest BCUT2D eigenvalue weighted by Gasteiger charge is 2.23. The molecule has 1 aromatic rings. The van der Waals surface area contributed by atoms with Gasteiger partial charge in [0.25, 0.3) is 0 Å². The molecule has 1 saturated carbocycles. The number of nitrogens with two attached hydrogens (primary N) is 2. The lowest BCUT2D eigenvalue weighted by molar-refractivity contribution is -0.117. The van der Waals surface area contributed by atoms with Crippen molar-refractivity contribution in [3.8, 4) is 0 Å². The zero-order valence-electron chi connectivity index (χ0n) is 13.0. The Balaban J connectivity index is 1.76. The van der Waals surface area contributed by atoms with Crippen molar-refractivity contribution in [1.29, 1.82) is 0 Å². The van der Waals surface area contributed by atoms with E-state index in [0.29, 0.717) is 11.1 Å². The molecule has 3 amide bonds. The van der Waals surface area contributed by atoms with Gasteiger partial charge in [-0.25, -0.2) is 14.8 Å². The summed E-state index contributed by atoms with van der Waals surface area (Å²) in [5, 5.41) is 5.49. The first kappa shape index (κ1) is 17.3. The SMILES string of the molecule is C[C@@H]1CCCC[C@@H]1NC(=O)NC(=O)CSc1nc(N)cc(N)n1. The minimum Gasteiger partial charge on any atom is -0.383 e. The maximum atomic E-state index is 11.9. The first-order valence-electron chi connectivity index (χ1n) is 7.57. The molecule has 2 atom stereocenters. The van der Waals surface area contributed by atoms with E-state index < -0.39 is 11.9 Å². The van der Waals surface area contributed by atoms with Crippen molar-refractivity contribution in [2.75, 3.05) is 17.2 Å². The summed E-state index contributed by atoms with van der Waals surface area (Å²) in [5.41, 5.74) is 11.1. The lowest BCUT2D eigenvalue weighted by Gasteiger charge is -2.29. The summed E-state index contributed by atoms with van der Waals surface area (Å²) < 4.78 is 0. The first-order chi connectivity index (χ1) is 10.9. The zero-order chi connectivity index (χ0) is 16.8. The van der Waals surface area contributed by atoms with E-state index in [1.165, 1.54) is 12.5 Å². The number of anilines is 2. The van der Waals surface area contributed by atoms with E-state index in [9.17, 15) is 9.59 Å². The Bertz CT molecular complexity index is 562. The molecule has 2 rings (SSSR count). The van der Waals surface area contributed by atoms with Gasteiger partial charge in [0.15, 0.2) is 5.16 Å². The Morgan fingerprint density at radius 3 is 2.57 bits per heavy atom. The van der Waals surface area contributed by atoms with Gasteiger partial charge < -0.3 is 16.8 Å². The van der Waals surface area contributed by atoms with Crippen LogP contribution >= 0.6 is 11.8 Å². The zero-order valence-corrected chi connectivity index (χ0v) is 13.9. The highest BCUT2D eigenvalue weighted by atomic mass is 32.2. The monoisotopic (exact) mass is 338 g/mol. The van der Waals surface area contributed by atoms with Crippen LogP contribution < -0.4 is 22.1 Å². The van der Waals surface area contributed by atoms with Gasteiger partial charge in [-0.2, -0.15) is 0 Å². The second-order valence-electron chi connectivity index (χ2n) is 5.68. The minimum absolute atomic E-state index is 0.0104. The molecule has 1 heterocycles. The summed E-state index contributed by atoms with van der Waals surface area (Å²) >= 11 is 1.07. The molecule has 0 spiro atoms. The third-order valence-electron chi connectivity index (χ3n) is 3.76. The molecule has 6 N–H and O–H groups in total. The molecule has 1 fully saturated rings. The number of thioether (sulfide) groups is 1. The molecule has 1 aliphatic carbocycles. The molecule has 8 nitrogen and oxygen atoms in total. The van der Waals surface area contributed by atoms with E-state index in [1.807, 2.05) is 0 Å². The van der Waals surface area contributed by atoms with Crippen LogP contribution in [0.5, 0.6) is 0 Å². The highest BCUT2D eigenvalue weighted by Crippen LogP contribution is 2.23.